The van der Waals surface area contributed by atoms with Crippen LogP contribution in [0.25, 0.3) is 10.9 Å². The molecule has 0 aliphatic heterocycles. The number of aliphatic carboxylic acids is 1. The molecule has 7 nitrogen and oxygen atoms in total. The molecule has 8 heteroatoms. The van der Waals surface area contributed by atoms with Crippen LogP contribution in [0.15, 0.2) is 52.4 Å². The van der Waals surface area contributed by atoms with Crippen molar-refractivity contribution in [2.45, 2.75) is 51.0 Å². The second-order valence-corrected chi connectivity index (χ2v) is 9.13. The van der Waals surface area contributed by atoms with Gasteiger partial charge < -0.3 is 9.84 Å². The average Bonchev–Trinajstić information content (AvgIpc) is 2.80. The monoisotopic (exact) mass is 545 g/mol. The molecular formula is C24H24IN3O4. The van der Waals surface area contributed by atoms with Crippen LogP contribution >= 0.6 is 22.6 Å². The molecule has 1 heterocycles. The van der Waals surface area contributed by atoms with Gasteiger partial charge in [-0.3, -0.25) is 4.79 Å². The molecule has 0 radical (unpaired) electrons. The quantitative estimate of drug-likeness (QED) is 0.356. The fourth-order valence-electron chi connectivity index (χ4n) is 3.94. The summed E-state index contributed by atoms with van der Waals surface area (Å²) in [6, 6.07) is 12.7. The fourth-order valence-corrected chi connectivity index (χ4v) is 4.60. The highest BCUT2D eigenvalue weighted by atomic mass is 127. The molecule has 2 aromatic carbocycles. The summed E-state index contributed by atoms with van der Waals surface area (Å²) < 4.78 is 7.68. The highest BCUT2D eigenvalue weighted by molar-refractivity contribution is 14.1. The Bertz CT molecular complexity index is 1230. The minimum Gasteiger partial charge on any atom is -0.479 e. The molecule has 1 N–H and O–H groups in total. The Balaban J connectivity index is 1.70. The van der Waals surface area contributed by atoms with Crippen LogP contribution in [0.2, 0.25) is 0 Å². The Morgan fingerprint density at radius 3 is 2.72 bits per heavy atom. The molecule has 0 unspecified atom stereocenters. The lowest BCUT2D eigenvalue weighted by Gasteiger charge is -2.22. The van der Waals surface area contributed by atoms with Gasteiger partial charge in [0.05, 0.1) is 20.7 Å². The Hall–Kier alpha value is -2.75. The maximum Gasteiger partial charge on any atom is 0.344 e. The Labute approximate surface area is 199 Å². The van der Waals surface area contributed by atoms with Gasteiger partial charge in [0.25, 0.3) is 5.56 Å². The van der Waals surface area contributed by atoms with Gasteiger partial charge in [-0.05, 0) is 78.3 Å². The second-order valence-electron chi connectivity index (χ2n) is 7.97. The Morgan fingerprint density at radius 2 is 2.00 bits per heavy atom. The number of hydrogen-bond donors (Lipinski definition) is 1. The van der Waals surface area contributed by atoms with Crippen molar-refractivity contribution in [1.29, 1.82) is 0 Å². The molecule has 1 atom stereocenters. The van der Waals surface area contributed by atoms with Crippen LogP contribution < -0.4 is 10.3 Å². The molecule has 0 spiro atoms. The number of benzene rings is 2. The number of ether oxygens (including phenoxy) is 1. The van der Waals surface area contributed by atoms with E-state index >= 15 is 0 Å². The van der Waals surface area contributed by atoms with E-state index in [1.807, 2.05) is 24.3 Å². The first-order chi connectivity index (χ1) is 15.4. The number of fused-ring (bicyclic) bond motifs is 1. The van der Waals surface area contributed by atoms with Crippen molar-refractivity contribution >= 4 is 45.7 Å². The van der Waals surface area contributed by atoms with Crippen LogP contribution in [0, 0.1) is 3.57 Å². The van der Waals surface area contributed by atoms with Crippen molar-refractivity contribution in [2.24, 2.45) is 5.10 Å². The number of carboxylic acid groups (broad SMARTS) is 1. The second kappa shape index (κ2) is 9.81. The molecule has 0 bridgehead atoms. The Morgan fingerprint density at radius 1 is 1.25 bits per heavy atom. The predicted octanol–water partition coefficient (Wildman–Crippen LogP) is 4.78. The van der Waals surface area contributed by atoms with Crippen LogP contribution in [0.1, 0.15) is 56.3 Å². The minimum atomic E-state index is -1.02. The van der Waals surface area contributed by atoms with Crippen molar-refractivity contribution in [3.63, 3.8) is 0 Å². The molecule has 32 heavy (non-hydrogen) atoms. The van der Waals surface area contributed by atoms with E-state index in [9.17, 15) is 9.59 Å². The summed E-state index contributed by atoms with van der Waals surface area (Å²) in [7, 11) is 0. The van der Waals surface area contributed by atoms with Gasteiger partial charge in [-0.25, -0.2) is 9.78 Å². The van der Waals surface area contributed by atoms with Crippen molar-refractivity contribution in [3.8, 4) is 5.75 Å². The van der Waals surface area contributed by atoms with Gasteiger partial charge in [-0.2, -0.15) is 9.78 Å². The van der Waals surface area contributed by atoms with E-state index in [1.165, 1.54) is 18.0 Å². The zero-order chi connectivity index (χ0) is 22.7. The molecule has 1 aliphatic rings. The van der Waals surface area contributed by atoms with Gasteiger partial charge >= 0.3 is 5.97 Å². The number of rotatable bonds is 6. The molecule has 1 fully saturated rings. The molecule has 1 saturated carbocycles. The zero-order valence-corrected chi connectivity index (χ0v) is 19.9. The number of carbonyl (C=O) groups is 1. The van der Waals surface area contributed by atoms with Crippen LogP contribution in [-0.2, 0) is 4.79 Å². The molecule has 166 valence electrons. The third-order valence-electron chi connectivity index (χ3n) is 5.68. The smallest absolute Gasteiger partial charge is 0.344 e. The normalized spacial score (nSPS) is 15.8. The first kappa shape index (κ1) is 22.4. The van der Waals surface area contributed by atoms with E-state index in [-0.39, 0.29) is 11.5 Å². The molecular weight excluding hydrogens is 521 g/mol. The molecule has 1 aliphatic carbocycles. The summed E-state index contributed by atoms with van der Waals surface area (Å²) in [5, 5.41) is 14.1. The fraction of sp³-hybridized carbons (Fsp3) is 0.333. The number of para-hydroxylation sites is 1. The molecule has 4 rings (SSSR count). The molecule has 1 aromatic heterocycles. The van der Waals surface area contributed by atoms with Gasteiger partial charge in [0.15, 0.2) is 6.10 Å². The summed E-state index contributed by atoms with van der Waals surface area (Å²) in [5.41, 5.74) is 1.31. The van der Waals surface area contributed by atoms with Gasteiger partial charge in [-0.1, -0.05) is 31.4 Å². The highest BCUT2D eigenvalue weighted by Crippen LogP contribution is 2.31. The maximum absolute atomic E-state index is 13.3. The highest BCUT2D eigenvalue weighted by Gasteiger charge is 2.22. The third kappa shape index (κ3) is 4.85. The predicted molar refractivity (Wildman–Crippen MR) is 132 cm³/mol. The largest absolute Gasteiger partial charge is 0.479 e. The zero-order valence-electron chi connectivity index (χ0n) is 17.7. The molecule has 0 saturated heterocycles. The SMILES string of the molecule is C[C@@H](Oc1ccc(C=Nn2c(C3CCCCC3)nc3ccccc3c2=O)cc1I)C(=O)O. The number of aromatic nitrogens is 2. The standard InChI is InChI=1S/C24H24IN3O4/c1-15(24(30)31)32-21-12-11-16(13-19(21)25)14-26-28-22(17-7-3-2-4-8-17)27-20-10-6-5-9-18(20)23(28)29/h5-6,9-15,17H,2-4,7-8H2,1H3,(H,30,31)/t15-/m1/s1. The lowest BCUT2D eigenvalue weighted by molar-refractivity contribution is -0.144. The van der Waals surface area contributed by atoms with E-state index < -0.39 is 12.1 Å². The lowest BCUT2D eigenvalue weighted by Crippen LogP contribution is -2.25. The van der Waals surface area contributed by atoms with E-state index in [4.69, 9.17) is 14.8 Å². The van der Waals surface area contributed by atoms with E-state index in [2.05, 4.69) is 27.7 Å². The van der Waals surface area contributed by atoms with Crippen molar-refractivity contribution in [3.05, 3.63) is 67.8 Å². The van der Waals surface area contributed by atoms with Crippen molar-refractivity contribution in [2.75, 3.05) is 0 Å². The van der Waals surface area contributed by atoms with E-state index in [1.54, 1.807) is 24.4 Å². The molecule has 0 amide bonds. The summed E-state index contributed by atoms with van der Waals surface area (Å²) in [6.45, 7) is 1.49. The van der Waals surface area contributed by atoms with E-state index in [0.717, 1.165) is 40.6 Å². The molecule has 3 aromatic rings. The van der Waals surface area contributed by atoms with Crippen molar-refractivity contribution < 1.29 is 14.6 Å². The van der Waals surface area contributed by atoms with Crippen LogP contribution in [0.4, 0.5) is 0 Å². The maximum atomic E-state index is 13.3. The van der Waals surface area contributed by atoms with Crippen LogP contribution in [-0.4, -0.2) is 33.1 Å². The van der Waals surface area contributed by atoms with Crippen molar-refractivity contribution in [1.82, 2.24) is 9.66 Å². The van der Waals surface area contributed by atoms with Gasteiger partial charge in [0, 0.05) is 5.92 Å². The van der Waals surface area contributed by atoms with Gasteiger partial charge in [0.1, 0.15) is 11.6 Å². The number of halogens is 1. The van der Waals surface area contributed by atoms with Crippen LogP contribution in [0.5, 0.6) is 5.75 Å². The van der Waals surface area contributed by atoms with Crippen LogP contribution in [0.3, 0.4) is 0 Å². The van der Waals surface area contributed by atoms with Gasteiger partial charge in [0.2, 0.25) is 0 Å². The topological polar surface area (TPSA) is 93.8 Å². The minimum absolute atomic E-state index is 0.169. The summed E-state index contributed by atoms with van der Waals surface area (Å²) >= 11 is 2.10. The number of nitrogens with zero attached hydrogens (tertiary/aromatic N) is 3. The third-order valence-corrected chi connectivity index (χ3v) is 6.52. The first-order valence-electron chi connectivity index (χ1n) is 10.7. The summed E-state index contributed by atoms with van der Waals surface area (Å²) in [5.74, 6) is 0.399. The number of hydrogen-bond acceptors (Lipinski definition) is 5. The summed E-state index contributed by atoms with van der Waals surface area (Å²) in [4.78, 5) is 29.1. The first-order valence-corrected chi connectivity index (χ1v) is 11.8. The van der Waals surface area contributed by atoms with Gasteiger partial charge in [-0.15, -0.1) is 0 Å². The summed E-state index contributed by atoms with van der Waals surface area (Å²) in [6.07, 6.45) is 6.18. The average molecular weight is 545 g/mol. The lowest BCUT2D eigenvalue weighted by atomic mass is 9.88. The van der Waals surface area contributed by atoms with E-state index in [0.29, 0.717) is 16.7 Å². The Kier molecular flexibility index (Phi) is 6.88. The number of carboxylic acids is 1.